The van der Waals surface area contributed by atoms with Gasteiger partial charge in [0.25, 0.3) is 0 Å². The van der Waals surface area contributed by atoms with E-state index in [-0.39, 0.29) is 18.0 Å². The van der Waals surface area contributed by atoms with Crippen molar-refractivity contribution in [2.24, 2.45) is 17.6 Å². The maximum absolute atomic E-state index is 12.7. The van der Waals surface area contributed by atoms with Crippen LogP contribution in [0.15, 0.2) is 0 Å². The Morgan fingerprint density at radius 2 is 1.85 bits per heavy atom. The van der Waals surface area contributed by atoms with E-state index in [0.717, 1.165) is 38.5 Å². The second-order valence-corrected chi connectivity index (χ2v) is 6.67. The highest BCUT2D eigenvalue weighted by atomic mass is 19.4. The molecule has 118 valence electrons. The van der Waals surface area contributed by atoms with Gasteiger partial charge in [0.1, 0.15) is 0 Å². The lowest BCUT2D eigenvalue weighted by atomic mass is 9.76. The first-order valence-electron chi connectivity index (χ1n) is 7.95. The van der Waals surface area contributed by atoms with Gasteiger partial charge in [0.15, 0.2) is 0 Å². The summed E-state index contributed by atoms with van der Waals surface area (Å²) in [5.74, 6) is 0.903. The van der Waals surface area contributed by atoms with Crippen molar-refractivity contribution < 1.29 is 13.2 Å². The van der Waals surface area contributed by atoms with Gasteiger partial charge in [0.2, 0.25) is 0 Å². The van der Waals surface area contributed by atoms with Crippen LogP contribution in [0, 0.1) is 11.8 Å². The highest BCUT2D eigenvalue weighted by Gasteiger charge is 2.40. The summed E-state index contributed by atoms with van der Waals surface area (Å²) in [4.78, 5) is 1.64. The number of alkyl halides is 3. The van der Waals surface area contributed by atoms with Crippen LogP contribution in [0.1, 0.15) is 51.9 Å². The molecule has 0 heterocycles. The third-order valence-corrected chi connectivity index (χ3v) is 4.76. The minimum absolute atomic E-state index is 0.0811. The van der Waals surface area contributed by atoms with E-state index >= 15 is 0 Å². The van der Waals surface area contributed by atoms with Crippen molar-refractivity contribution >= 4 is 0 Å². The lowest BCUT2D eigenvalue weighted by Crippen LogP contribution is -2.46. The van der Waals surface area contributed by atoms with Crippen LogP contribution in [-0.4, -0.2) is 36.2 Å². The lowest BCUT2D eigenvalue weighted by molar-refractivity contribution is -0.149. The molecule has 2 N–H and O–H groups in total. The van der Waals surface area contributed by atoms with Crippen LogP contribution in [0.25, 0.3) is 0 Å². The second-order valence-electron chi connectivity index (χ2n) is 6.67. The van der Waals surface area contributed by atoms with E-state index in [9.17, 15) is 13.2 Å². The van der Waals surface area contributed by atoms with Gasteiger partial charge in [-0.25, -0.2) is 0 Å². The molecule has 0 aromatic heterocycles. The Bertz CT molecular complexity index is 302. The first kappa shape index (κ1) is 16.1. The molecule has 2 aliphatic carbocycles. The van der Waals surface area contributed by atoms with Crippen molar-refractivity contribution in [1.29, 1.82) is 0 Å². The number of nitrogens with two attached hydrogens (primary N) is 1. The highest BCUT2D eigenvalue weighted by Crippen LogP contribution is 2.36. The van der Waals surface area contributed by atoms with Crippen LogP contribution >= 0.6 is 0 Å². The monoisotopic (exact) mass is 292 g/mol. The number of hydrogen-bond donors (Lipinski definition) is 1. The second kappa shape index (κ2) is 6.65. The number of nitrogens with zero attached hydrogens (tertiary/aromatic N) is 1. The van der Waals surface area contributed by atoms with Gasteiger partial charge < -0.3 is 5.73 Å². The number of halogens is 3. The van der Waals surface area contributed by atoms with Crippen molar-refractivity contribution in [2.45, 2.75) is 70.1 Å². The molecule has 5 heteroatoms. The molecule has 20 heavy (non-hydrogen) atoms. The normalized spacial score (nSPS) is 31.8. The molecule has 2 rings (SSSR count). The molecule has 3 unspecified atom stereocenters. The molecule has 0 spiro atoms. The summed E-state index contributed by atoms with van der Waals surface area (Å²) in [6.07, 6.45) is 3.20. The van der Waals surface area contributed by atoms with E-state index < -0.39 is 12.7 Å². The molecule has 0 aromatic carbocycles. The Morgan fingerprint density at radius 1 is 1.15 bits per heavy atom. The van der Waals surface area contributed by atoms with Crippen LogP contribution in [0.3, 0.4) is 0 Å². The van der Waals surface area contributed by atoms with Crippen molar-refractivity contribution in [3.8, 4) is 0 Å². The fourth-order valence-electron chi connectivity index (χ4n) is 3.58. The quantitative estimate of drug-likeness (QED) is 0.811. The average Bonchev–Trinajstić information content (AvgIpc) is 3.15. The molecule has 2 fully saturated rings. The minimum atomic E-state index is -4.09. The smallest absolute Gasteiger partial charge is 0.327 e. The Hall–Kier alpha value is -0.290. The zero-order valence-corrected chi connectivity index (χ0v) is 12.3. The van der Waals surface area contributed by atoms with Gasteiger partial charge in [-0.1, -0.05) is 19.8 Å². The van der Waals surface area contributed by atoms with E-state index in [4.69, 9.17) is 5.73 Å². The largest absolute Gasteiger partial charge is 0.401 e. The van der Waals surface area contributed by atoms with E-state index in [2.05, 4.69) is 6.92 Å². The summed E-state index contributed by atoms with van der Waals surface area (Å²) in [6, 6.07) is 0.230. The molecule has 0 aromatic rings. The predicted octanol–water partition coefficient (Wildman–Crippen LogP) is 3.56. The molecule has 0 radical (unpaired) electrons. The van der Waals surface area contributed by atoms with Crippen LogP contribution < -0.4 is 5.73 Å². The van der Waals surface area contributed by atoms with Crippen LogP contribution in [0.2, 0.25) is 0 Å². The van der Waals surface area contributed by atoms with Gasteiger partial charge >= 0.3 is 6.18 Å². The molecule has 3 atom stereocenters. The van der Waals surface area contributed by atoms with Gasteiger partial charge in [0, 0.05) is 18.6 Å². The molecular weight excluding hydrogens is 265 g/mol. The molecule has 0 saturated heterocycles. The topological polar surface area (TPSA) is 29.3 Å². The van der Waals surface area contributed by atoms with Crippen molar-refractivity contribution in [1.82, 2.24) is 4.90 Å². The zero-order chi connectivity index (χ0) is 14.8. The van der Waals surface area contributed by atoms with Crippen molar-refractivity contribution in [3.63, 3.8) is 0 Å². The molecular formula is C15H27F3N2. The van der Waals surface area contributed by atoms with Gasteiger partial charge in [-0.15, -0.1) is 0 Å². The van der Waals surface area contributed by atoms with Gasteiger partial charge in [0.05, 0.1) is 6.54 Å². The van der Waals surface area contributed by atoms with Crippen LogP contribution in [0.4, 0.5) is 13.2 Å². The molecule has 2 aliphatic rings. The van der Waals surface area contributed by atoms with E-state index in [1.54, 1.807) is 4.90 Å². The molecule has 0 amide bonds. The van der Waals surface area contributed by atoms with E-state index in [1.165, 1.54) is 6.42 Å². The molecule has 0 bridgehead atoms. The fraction of sp³-hybridized carbons (Fsp3) is 1.00. The number of rotatable bonds is 6. The predicted molar refractivity (Wildman–Crippen MR) is 74.4 cm³/mol. The third kappa shape index (κ3) is 4.92. The zero-order valence-electron chi connectivity index (χ0n) is 12.3. The summed E-state index contributed by atoms with van der Waals surface area (Å²) in [6.45, 7) is 1.94. The van der Waals surface area contributed by atoms with Crippen molar-refractivity contribution in [3.05, 3.63) is 0 Å². The molecule has 2 nitrogen and oxygen atoms in total. The van der Waals surface area contributed by atoms with Crippen LogP contribution in [0.5, 0.6) is 0 Å². The maximum Gasteiger partial charge on any atom is 0.401 e. The third-order valence-electron chi connectivity index (χ3n) is 4.76. The van der Waals surface area contributed by atoms with E-state index in [0.29, 0.717) is 12.5 Å². The Morgan fingerprint density at radius 3 is 2.40 bits per heavy atom. The van der Waals surface area contributed by atoms with Gasteiger partial charge in [-0.05, 0) is 43.9 Å². The minimum Gasteiger partial charge on any atom is -0.327 e. The summed E-state index contributed by atoms with van der Waals surface area (Å²) < 4.78 is 38.0. The SMILES string of the molecule is CCCC1CCC(N)C(CN(CC(F)(F)F)C2CC2)C1. The van der Waals surface area contributed by atoms with Gasteiger partial charge in [-0.3, -0.25) is 4.90 Å². The number of hydrogen-bond acceptors (Lipinski definition) is 2. The Balaban J connectivity index is 1.90. The first-order valence-corrected chi connectivity index (χ1v) is 7.95. The van der Waals surface area contributed by atoms with E-state index in [1.807, 2.05) is 0 Å². The summed E-state index contributed by atoms with van der Waals surface area (Å²) in [5.41, 5.74) is 6.16. The maximum atomic E-state index is 12.7. The van der Waals surface area contributed by atoms with Crippen molar-refractivity contribution in [2.75, 3.05) is 13.1 Å². The van der Waals surface area contributed by atoms with Crippen LogP contribution in [-0.2, 0) is 0 Å². The standard InChI is InChI=1S/C15H27F3N2/c1-2-3-11-4-7-14(19)12(8-11)9-20(13-5-6-13)10-15(16,17)18/h11-14H,2-10,19H2,1H3. The summed E-state index contributed by atoms with van der Waals surface area (Å²) in [7, 11) is 0. The lowest BCUT2D eigenvalue weighted by Gasteiger charge is -2.37. The Labute approximate surface area is 119 Å². The molecule has 0 aliphatic heterocycles. The Kier molecular flexibility index (Phi) is 5.35. The average molecular weight is 292 g/mol. The molecule has 2 saturated carbocycles. The fourth-order valence-corrected chi connectivity index (χ4v) is 3.58. The summed E-state index contributed by atoms with van der Waals surface area (Å²) in [5, 5.41) is 0. The van der Waals surface area contributed by atoms with Gasteiger partial charge in [-0.2, -0.15) is 13.2 Å². The highest BCUT2D eigenvalue weighted by molar-refractivity contribution is 4.90. The first-order chi connectivity index (χ1) is 9.39. The summed E-state index contributed by atoms with van der Waals surface area (Å²) >= 11 is 0.